The Bertz CT molecular complexity index is 437. The van der Waals surface area contributed by atoms with Gasteiger partial charge in [0, 0.05) is 0 Å². The maximum Gasteiger partial charge on any atom is 0.258 e. The molecular formula is C6H11N5O3S. The van der Waals surface area contributed by atoms with E-state index < -0.39 is 16.1 Å². The van der Waals surface area contributed by atoms with Gasteiger partial charge in [-0.3, -0.25) is 0 Å². The van der Waals surface area contributed by atoms with Crippen molar-refractivity contribution in [2.45, 2.75) is 18.0 Å². The fourth-order valence-corrected chi connectivity index (χ4v) is 1.95. The van der Waals surface area contributed by atoms with E-state index in [-0.39, 0.29) is 10.9 Å². The van der Waals surface area contributed by atoms with Crippen LogP contribution in [-0.4, -0.2) is 35.5 Å². The zero-order chi connectivity index (χ0) is 11.5. The van der Waals surface area contributed by atoms with Gasteiger partial charge in [0.05, 0.1) is 18.6 Å². The number of oxime groups is 1. The molecule has 1 aromatic heterocycles. The minimum Gasteiger partial charge on any atom is -0.409 e. The molecule has 0 fully saturated rings. The zero-order valence-electron chi connectivity index (χ0n) is 7.88. The Balaban J connectivity index is 2.83. The van der Waals surface area contributed by atoms with Crippen LogP contribution in [0.3, 0.4) is 0 Å². The molecule has 1 unspecified atom stereocenters. The van der Waals surface area contributed by atoms with Crippen LogP contribution in [0, 0.1) is 0 Å². The number of imidazole rings is 1. The van der Waals surface area contributed by atoms with E-state index in [1.54, 1.807) is 0 Å². The van der Waals surface area contributed by atoms with Crippen molar-refractivity contribution in [2.24, 2.45) is 10.9 Å². The lowest BCUT2D eigenvalue weighted by Gasteiger charge is -2.10. The molecular weight excluding hydrogens is 222 g/mol. The predicted molar refractivity (Wildman–Crippen MR) is 51.8 cm³/mol. The van der Waals surface area contributed by atoms with E-state index in [2.05, 4.69) is 19.8 Å². The van der Waals surface area contributed by atoms with Gasteiger partial charge in [0.1, 0.15) is 0 Å². The van der Waals surface area contributed by atoms with Gasteiger partial charge < -0.3 is 15.9 Å². The highest BCUT2D eigenvalue weighted by Crippen LogP contribution is 2.02. The molecule has 0 saturated heterocycles. The van der Waals surface area contributed by atoms with Crippen LogP contribution >= 0.6 is 0 Å². The normalized spacial score (nSPS) is 15.1. The van der Waals surface area contributed by atoms with Crippen molar-refractivity contribution >= 4 is 15.9 Å². The number of aromatic nitrogens is 2. The van der Waals surface area contributed by atoms with Crippen LogP contribution in [0.25, 0.3) is 0 Å². The molecule has 1 aromatic rings. The second-order valence-corrected chi connectivity index (χ2v) is 4.47. The summed E-state index contributed by atoms with van der Waals surface area (Å²) in [5, 5.41) is 11.0. The maximum atomic E-state index is 11.5. The highest BCUT2D eigenvalue weighted by atomic mass is 32.2. The summed E-state index contributed by atoms with van der Waals surface area (Å²) in [6.45, 7) is 1.45. The van der Waals surface area contributed by atoms with Crippen LogP contribution in [0.1, 0.15) is 6.92 Å². The largest absolute Gasteiger partial charge is 0.409 e. The fourth-order valence-electron chi connectivity index (χ4n) is 0.833. The van der Waals surface area contributed by atoms with Crippen molar-refractivity contribution in [1.29, 1.82) is 0 Å². The molecule has 0 radical (unpaired) electrons. The summed E-state index contributed by atoms with van der Waals surface area (Å²) in [6, 6.07) is -0.802. The number of rotatable bonds is 4. The van der Waals surface area contributed by atoms with Crippen LogP contribution in [-0.2, 0) is 10.0 Å². The Hall–Kier alpha value is -1.61. The Morgan fingerprint density at radius 1 is 1.80 bits per heavy atom. The highest BCUT2D eigenvalue weighted by molar-refractivity contribution is 7.89. The quantitative estimate of drug-likeness (QED) is 0.225. The van der Waals surface area contributed by atoms with Gasteiger partial charge >= 0.3 is 0 Å². The summed E-state index contributed by atoms with van der Waals surface area (Å²) in [7, 11) is -3.71. The lowest BCUT2D eigenvalue weighted by atomic mass is 10.3. The van der Waals surface area contributed by atoms with Crippen molar-refractivity contribution in [2.75, 3.05) is 0 Å². The van der Waals surface area contributed by atoms with Gasteiger partial charge in [0.15, 0.2) is 10.9 Å². The summed E-state index contributed by atoms with van der Waals surface area (Å²) in [5.41, 5.74) is 5.22. The summed E-state index contributed by atoms with van der Waals surface area (Å²) in [5.74, 6) is -0.224. The van der Waals surface area contributed by atoms with E-state index in [4.69, 9.17) is 10.9 Å². The van der Waals surface area contributed by atoms with Crippen LogP contribution < -0.4 is 10.5 Å². The molecule has 84 valence electrons. The van der Waals surface area contributed by atoms with E-state index in [1.807, 2.05) is 0 Å². The molecule has 5 N–H and O–H groups in total. The van der Waals surface area contributed by atoms with Gasteiger partial charge in [0.25, 0.3) is 10.0 Å². The molecule has 1 rings (SSSR count). The SMILES string of the molecule is CC(NS(=O)(=O)c1cnc[nH]1)C(N)=NO. The van der Waals surface area contributed by atoms with E-state index in [9.17, 15) is 8.42 Å². The van der Waals surface area contributed by atoms with Crippen LogP contribution in [0.15, 0.2) is 22.7 Å². The molecule has 0 spiro atoms. The first-order valence-electron chi connectivity index (χ1n) is 3.95. The number of nitrogens with two attached hydrogens (primary N) is 1. The van der Waals surface area contributed by atoms with Crippen molar-refractivity contribution in [3.8, 4) is 0 Å². The van der Waals surface area contributed by atoms with Crippen LogP contribution in [0.5, 0.6) is 0 Å². The molecule has 0 bridgehead atoms. The summed E-state index contributed by atoms with van der Waals surface area (Å²) in [4.78, 5) is 6.01. The van der Waals surface area contributed by atoms with Gasteiger partial charge in [-0.05, 0) is 6.92 Å². The molecule has 1 heterocycles. The lowest BCUT2D eigenvalue weighted by Crippen LogP contribution is -2.42. The molecule has 0 aliphatic carbocycles. The number of H-pyrrole nitrogens is 1. The standard InChI is InChI=1S/C6H11N5O3S/c1-4(6(7)10-12)11-15(13,14)5-2-8-3-9-5/h2-4,11-12H,1H3,(H2,7,10)(H,8,9). The Kier molecular flexibility index (Phi) is 3.27. The molecule has 15 heavy (non-hydrogen) atoms. The van der Waals surface area contributed by atoms with Crippen molar-refractivity contribution in [1.82, 2.24) is 14.7 Å². The van der Waals surface area contributed by atoms with Crippen LogP contribution in [0.4, 0.5) is 0 Å². The first kappa shape index (κ1) is 11.5. The minimum absolute atomic E-state index is 0.0833. The molecule has 0 aliphatic heterocycles. The summed E-state index contributed by atoms with van der Waals surface area (Å²) in [6.07, 6.45) is 2.39. The second kappa shape index (κ2) is 4.28. The van der Waals surface area contributed by atoms with Gasteiger partial charge in [-0.2, -0.15) is 4.72 Å². The molecule has 1 atom stereocenters. The molecule has 0 amide bonds. The van der Waals surface area contributed by atoms with E-state index in [0.717, 1.165) is 6.20 Å². The first-order valence-corrected chi connectivity index (χ1v) is 5.44. The zero-order valence-corrected chi connectivity index (χ0v) is 8.69. The topological polar surface area (TPSA) is 133 Å². The van der Waals surface area contributed by atoms with E-state index >= 15 is 0 Å². The van der Waals surface area contributed by atoms with Gasteiger partial charge in [-0.15, -0.1) is 0 Å². The monoisotopic (exact) mass is 233 g/mol. The number of aromatic amines is 1. The predicted octanol–water partition coefficient (Wildman–Crippen LogP) is -1.18. The Morgan fingerprint density at radius 2 is 2.47 bits per heavy atom. The molecule has 9 heteroatoms. The van der Waals surface area contributed by atoms with Gasteiger partial charge in [-0.25, -0.2) is 13.4 Å². The third-order valence-electron chi connectivity index (χ3n) is 1.65. The summed E-state index contributed by atoms with van der Waals surface area (Å²) >= 11 is 0. The average molecular weight is 233 g/mol. The maximum absolute atomic E-state index is 11.5. The third kappa shape index (κ3) is 2.67. The molecule has 0 aliphatic rings. The Labute approximate surface area is 86.2 Å². The Morgan fingerprint density at radius 3 is 2.93 bits per heavy atom. The van der Waals surface area contributed by atoms with Gasteiger partial charge in [-0.1, -0.05) is 5.16 Å². The number of nitrogens with zero attached hydrogens (tertiary/aromatic N) is 2. The number of amidine groups is 1. The minimum atomic E-state index is -3.71. The smallest absolute Gasteiger partial charge is 0.258 e. The lowest BCUT2D eigenvalue weighted by molar-refractivity contribution is 0.316. The van der Waals surface area contributed by atoms with Crippen molar-refractivity contribution < 1.29 is 13.6 Å². The van der Waals surface area contributed by atoms with Crippen molar-refractivity contribution in [3.05, 3.63) is 12.5 Å². The van der Waals surface area contributed by atoms with Gasteiger partial charge in [0.2, 0.25) is 0 Å². The fraction of sp³-hybridized carbons (Fsp3) is 0.333. The number of sulfonamides is 1. The summed E-state index contributed by atoms with van der Waals surface area (Å²) < 4.78 is 25.3. The molecule has 0 saturated carbocycles. The number of hydrogen-bond donors (Lipinski definition) is 4. The van der Waals surface area contributed by atoms with E-state index in [0.29, 0.717) is 0 Å². The molecule has 0 aromatic carbocycles. The average Bonchev–Trinajstić information content (AvgIpc) is 2.69. The van der Waals surface area contributed by atoms with Crippen molar-refractivity contribution in [3.63, 3.8) is 0 Å². The van der Waals surface area contributed by atoms with E-state index in [1.165, 1.54) is 13.3 Å². The number of nitrogens with one attached hydrogen (secondary N) is 2. The molecule has 8 nitrogen and oxygen atoms in total. The third-order valence-corrected chi connectivity index (χ3v) is 3.12. The van der Waals surface area contributed by atoms with Crippen LogP contribution in [0.2, 0.25) is 0 Å². The highest BCUT2D eigenvalue weighted by Gasteiger charge is 2.20. The number of hydrogen-bond acceptors (Lipinski definition) is 5. The second-order valence-electron chi connectivity index (χ2n) is 2.78. The first-order chi connectivity index (χ1) is 6.97.